The van der Waals surface area contributed by atoms with Crippen molar-refractivity contribution in [2.24, 2.45) is 0 Å². The van der Waals surface area contributed by atoms with Gasteiger partial charge in [-0.15, -0.1) is 10.2 Å². The molecule has 0 radical (unpaired) electrons. The minimum atomic E-state index is -0.349. The van der Waals surface area contributed by atoms with Gasteiger partial charge in [-0.3, -0.25) is 9.59 Å². The fourth-order valence-corrected chi connectivity index (χ4v) is 4.94. The molecule has 0 aliphatic heterocycles. The van der Waals surface area contributed by atoms with Gasteiger partial charge in [-0.2, -0.15) is 0 Å². The molecule has 3 aromatic rings. The molecule has 0 spiro atoms. The summed E-state index contributed by atoms with van der Waals surface area (Å²) in [7, 11) is 2.19. The van der Waals surface area contributed by atoms with E-state index < -0.39 is 0 Å². The normalized spacial score (nSPS) is 13.9. The molecule has 0 atom stereocenters. The Balaban J connectivity index is 1.18. The van der Waals surface area contributed by atoms with Gasteiger partial charge in [0.25, 0.3) is 11.8 Å². The highest BCUT2D eigenvalue weighted by Crippen LogP contribution is 2.21. The number of nitrogens with zero attached hydrogens (tertiary/aromatic N) is 3. The largest absolute Gasteiger partial charge is 0.486 e. The van der Waals surface area contributed by atoms with Crippen LogP contribution in [0.2, 0.25) is 0 Å². The monoisotopic (exact) mass is 507 g/mol. The number of amides is 2. The molecular formula is C27H33N5O3S. The molecule has 1 heterocycles. The van der Waals surface area contributed by atoms with Gasteiger partial charge in [0, 0.05) is 23.8 Å². The van der Waals surface area contributed by atoms with E-state index in [1.807, 2.05) is 30.3 Å². The second-order valence-corrected chi connectivity index (χ2v) is 10.1. The van der Waals surface area contributed by atoms with Gasteiger partial charge in [-0.25, -0.2) is 0 Å². The summed E-state index contributed by atoms with van der Waals surface area (Å²) >= 11 is 1.18. The van der Waals surface area contributed by atoms with Gasteiger partial charge in [0.15, 0.2) is 5.01 Å². The van der Waals surface area contributed by atoms with Crippen molar-refractivity contribution in [2.45, 2.75) is 51.2 Å². The van der Waals surface area contributed by atoms with Gasteiger partial charge in [0.05, 0.1) is 0 Å². The third kappa shape index (κ3) is 7.60. The predicted octanol–water partition coefficient (Wildman–Crippen LogP) is 4.75. The van der Waals surface area contributed by atoms with Gasteiger partial charge in [-0.05, 0) is 69.3 Å². The van der Waals surface area contributed by atoms with Crippen molar-refractivity contribution in [1.82, 2.24) is 20.4 Å². The van der Waals surface area contributed by atoms with Gasteiger partial charge in [0.1, 0.15) is 12.4 Å². The number of carbonyl (C=O) groups excluding carboxylic acids is 2. The second kappa shape index (κ2) is 13.1. The molecule has 9 heteroatoms. The van der Waals surface area contributed by atoms with Crippen LogP contribution in [0.5, 0.6) is 5.75 Å². The zero-order chi connectivity index (χ0) is 25.2. The molecule has 2 amide bonds. The van der Waals surface area contributed by atoms with Crippen molar-refractivity contribution in [3.8, 4) is 5.75 Å². The lowest BCUT2D eigenvalue weighted by molar-refractivity contribution is 0.0950. The first-order valence-electron chi connectivity index (χ1n) is 12.5. The fraction of sp³-hybridized carbons (Fsp3) is 0.407. The zero-order valence-corrected chi connectivity index (χ0v) is 21.4. The van der Waals surface area contributed by atoms with E-state index in [0.29, 0.717) is 28.8 Å². The Hall–Kier alpha value is -3.30. The predicted molar refractivity (Wildman–Crippen MR) is 142 cm³/mol. The number of para-hydroxylation sites is 1. The highest BCUT2D eigenvalue weighted by atomic mass is 32.1. The molecule has 1 saturated carbocycles. The van der Waals surface area contributed by atoms with Crippen LogP contribution >= 0.6 is 11.3 Å². The summed E-state index contributed by atoms with van der Waals surface area (Å²) in [5.74, 6) is 0.271. The maximum Gasteiger partial charge on any atom is 0.286 e. The van der Waals surface area contributed by atoms with Crippen LogP contribution in [0.15, 0.2) is 54.6 Å². The molecule has 190 valence electrons. The highest BCUT2D eigenvalue weighted by Gasteiger charge is 2.17. The molecule has 1 aromatic heterocycles. The van der Waals surface area contributed by atoms with Crippen LogP contribution in [-0.2, 0) is 6.61 Å². The molecule has 1 aliphatic rings. The minimum absolute atomic E-state index is 0.111. The standard InChI is InChI=1S/C27H33N5O3S/c1-32(22-9-4-2-5-10-22)18-8-17-28-25(33)20-13-15-21(16-14-20)29-26(34)27-31-30-24(36-27)19-35-23-11-6-3-7-12-23/h3,6-7,11-16,22H,2,4-5,8-10,17-19H2,1H3,(H,28,33)(H,29,34). The zero-order valence-electron chi connectivity index (χ0n) is 20.6. The molecule has 0 saturated heterocycles. The lowest BCUT2D eigenvalue weighted by Gasteiger charge is -2.31. The van der Waals surface area contributed by atoms with Gasteiger partial charge >= 0.3 is 0 Å². The van der Waals surface area contributed by atoms with E-state index in [4.69, 9.17) is 4.74 Å². The van der Waals surface area contributed by atoms with Crippen molar-refractivity contribution in [3.05, 3.63) is 70.2 Å². The van der Waals surface area contributed by atoms with E-state index in [0.717, 1.165) is 18.7 Å². The molecule has 8 nitrogen and oxygen atoms in total. The van der Waals surface area contributed by atoms with E-state index in [-0.39, 0.29) is 23.4 Å². The highest BCUT2D eigenvalue weighted by molar-refractivity contribution is 7.13. The van der Waals surface area contributed by atoms with Gasteiger partial charge in [0.2, 0.25) is 5.01 Å². The number of aromatic nitrogens is 2. The summed E-state index contributed by atoms with van der Waals surface area (Å²) in [5.41, 5.74) is 1.15. The van der Waals surface area contributed by atoms with Crippen LogP contribution in [0.3, 0.4) is 0 Å². The summed E-state index contributed by atoms with van der Waals surface area (Å²) in [4.78, 5) is 27.4. The Kier molecular flexibility index (Phi) is 9.40. The van der Waals surface area contributed by atoms with Crippen LogP contribution in [-0.4, -0.2) is 53.1 Å². The quantitative estimate of drug-likeness (QED) is 0.364. The van der Waals surface area contributed by atoms with Crippen molar-refractivity contribution in [2.75, 3.05) is 25.5 Å². The van der Waals surface area contributed by atoms with Crippen molar-refractivity contribution in [1.29, 1.82) is 0 Å². The summed E-state index contributed by atoms with van der Waals surface area (Å²) in [6.07, 6.45) is 7.51. The summed E-state index contributed by atoms with van der Waals surface area (Å²) in [6.45, 7) is 1.87. The van der Waals surface area contributed by atoms with Gasteiger partial charge < -0.3 is 20.3 Å². The van der Waals surface area contributed by atoms with Gasteiger partial charge in [-0.1, -0.05) is 48.8 Å². The van der Waals surface area contributed by atoms with Crippen LogP contribution in [0.1, 0.15) is 63.7 Å². The van der Waals surface area contributed by atoms with Crippen molar-refractivity contribution in [3.63, 3.8) is 0 Å². The van der Waals surface area contributed by atoms with Crippen LogP contribution in [0.4, 0.5) is 5.69 Å². The van der Waals surface area contributed by atoms with Crippen molar-refractivity contribution < 1.29 is 14.3 Å². The van der Waals surface area contributed by atoms with Crippen LogP contribution in [0.25, 0.3) is 0 Å². The topological polar surface area (TPSA) is 96.5 Å². The molecular weight excluding hydrogens is 474 g/mol. The molecule has 0 bridgehead atoms. The van der Waals surface area contributed by atoms with E-state index in [1.54, 1.807) is 24.3 Å². The Labute approximate surface area is 216 Å². The molecule has 2 aromatic carbocycles. The number of carbonyl (C=O) groups is 2. The molecule has 2 N–H and O–H groups in total. The number of hydrogen-bond acceptors (Lipinski definition) is 7. The lowest BCUT2D eigenvalue weighted by Crippen LogP contribution is -2.35. The molecule has 1 fully saturated rings. The van der Waals surface area contributed by atoms with Crippen LogP contribution in [0, 0.1) is 0 Å². The van der Waals surface area contributed by atoms with E-state index in [2.05, 4.69) is 32.8 Å². The Morgan fingerprint density at radius 2 is 1.75 bits per heavy atom. The maximum atomic E-state index is 12.5. The SMILES string of the molecule is CN(CCCNC(=O)c1ccc(NC(=O)c2nnc(COc3ccccc3)s2)cc1)C1CCCCC1. The Morgan fingerprint density at radius 1 is 1.00 bits per heavy atom. The average molecular weight is 508 g/mol. The van der Waals surface area contributed by atoms with E-state index in [9.17, 15) is 9.59 Å². The molecule has 1 aliphatic carbocycles. The van der Waals surface area contributed by atoms with Crippen LogP contribution < -0.4 is 15.4 Å². The molecule has 36 heavy (non-hydrogen) atoms. The molecule has 0 unspecified atom stereocenters. The number of rotatable bonds is 11. The summed E-state index contributed by atoms with van der Waals surface area (Å²) < 4.78 is 5.65. The molecule has 4 rings (SSSR count). The minimum Gasteiger partial charge on any atom is -0.486 e. The second-order valence-electron chi connectivity index (χ2n) is 9.02. The lowest BCUT2D eigenvalue weighted by atomic mass is 9.94. The summed E-state index contributed by atoms with van der Waals surface area (Å²) in [6, 6.07) is 16.9. The first-order valence-corrected chi connectivity index (χ1v) is 13.3. The number of anilines is 1. The first kappa shape index (κ1) is 25.8. The number of ether oxygens (including phenoxy) is 1. The maximum absolute atomic E-state index is 12.5. The van der Waals surface area contributed by atoms with E-state index in [1.165, 1.54) is 43.4 Å². The average Bonchev–Trinajstić information content (AvgIpc) is 3.40. The Bertz CT molecular complexity index is 1110. The fourth-order valence-electron chi connectivity index (χ4n) is 4.29. The number of nitrogens with one attached hydrogen (secondary N) is 2. The smallest absolute Gasteiger partial charge is 0.286 e. The van der Waals surface area contributed by atoms with E-state index >= 15 is 0 Å². The number of hydrogen-bond donors (Lipinski definition) is 2. The first-order chi connectivity index (χ1) is 17.6. The third-order valence-electron chi connectivity index (χ3n) is 6.34. The number of benzene rings is 2. The third-order valence-corrected chi connectivity index (χ3v) is 7.24. The van der Waals surface area contributed by atoms with Crippen molar-refractivity contribution >= 4 is 28.8 Å². The summed E-state index contributed by atoms with van der Waals surface area (Å²) in [5, 5.41) is 14.6. The Morgan fingerprint density at radius 3 is 2.50 bits per heavy atom.